The summed E-state index contributed by atoms with van der Waals surface area (Å²) < 4.78 is 1.79. The first kappa shape index (κ1) is 12.6. The molecular weight excluding hydrogens is 248 g/mol. The molecule has 94 valence electrons. The molecule has 1 aromatic heterocycles. The molecule has 2 aromatic rings. The van der Waals surface area contributed by atoms with Crippen molar-refractivity contribution < 1.29 is 4.79 Å². The second-order valence-electron chi connectivity index (χ2n) is 3.84. The Labute approximate surface area is 110 Å². The summed E-state index contributed by atoms with van der Waals surface area (Å²) in [6, 6.07) is 9.40. The number of thioether (sulfide) groups is 1. The first-order valence-corrected chi connectivity index (χ1v) is 6.41. The van der Waals surface area contributed by atoms with E-state index in [0.29, 0.717) is 0 Å². The van der Waals surface area contributed by atoms with Crippen LogP contribution >= 0.6 is 11.8 Å². The highest BCUT2D eigenvalue weighted by Gasteiger charge is 2.16. The van der Waals surface area contributed by atoms with E-state index in [9.17, 15) is 4.79 Å². The van der Waals surface area contributed by atoms with E-state index in [-0.39, 0.29) is 11.2 Å². The summed E-state index contributed by atoms with van der Waals surface area (Å²) >= 11 is 1.38. The van der Waals surface area contributed by atoms with E-state index in [1.54, 1.807) is 10.9 Å². The number of aromatic nitrogens is 3. The maximum Gasteiger partial charge on any atom is 0.237 e. The van der Waals surface area contributed by atoms with Gasteiger partial charge < -0.3 is 9.88 Å². The number of carbonyl (C=O) groups is 1. The fraction of sp³-hybridized carbons (Fsp3) is 0.250. The molecule has 0 spiro atoms. The average Bonchev–Trinajstić information content (AvgIpc) is 2.76. The minimum atomic E-state index is -0.229. The van der Waals surface area contributed by atoms with Crippen LogP contribution in [-0.2, 0) is 11.8 Å². The van der Waals surface area contributed by atoms with Crippen molar-refractivity contribution in [1.29, 1.82) is 0 Å². The van der Waals surface area contributed by atoms with Crippen molar-refractivity contribution in [3.05, 3.63) is 36.7 Å². The SMILES string of the molecule is C[C@H](Sc1nncn1C)C(=O)Nc1ccccc1. The van der Waals surface area contributed by atoms with Crippen molar-refractivity contribution in [2.45, 2.75) is 17.3 Å². The molecule has 0 unspecified atom stereocenters. The maximum atomic E-state index is 12.0. The predicted molar refractivity (Wildman–Crippen MR) is 71.4 cm³/mol. The third-order valence-corrected chi connectivity index (χ3v) is 3.51. The van der Waals surface area contributed by atoms with Gasteiger partial charge in [0, 0.05) is 12.7 Å². The molecule has 0 radical (unpaired) electrons. The van der Waals surface area contributed by atoms with Crippen LogP contribution in [0.15, 0.2) is 41.8 Å². The van der Waals surface area contributed by atoms with Crippen molar-refractivity contribution in [3.8, 4) is 0 Å². The molecule has 0 aliphatic carbocycles. The Morgan fingerprint density at radius 2 is 2.11 bits per heavy atom. The maximum absolute atomic E-state index is 12.0. The molecule has 1 N–H and O–H groups in total. The smallest absolute Gasteiger partial charge is 0.237 e. The minimum absolute atomic E-state index is 0.0470. The van der Waals surface area contributed by atoms with E-state index in [4.69, 9.17) is 0 Å². The summed E-state index contributed by atoms with van der Waals surface area (Å²) in [5.41, 5.74) is 0.799. The Balaban J connectivity index is 1.95. The molecule has 1 heterocycles. The summed E-state index contributed by atoms with van der Waals surface area (Å²) in [5.74, 6) is -0.0470. The Morgan fingerprint density at radius 3 is 2.72 bits per heavy atom. The number of amides is 1. The van der Waals surface area contributed by atoms with Crippen molar-refractivity contribution in [2.75, 3.05) is 5.32 Å². The number of nitrogens with zero attached hydrogens (tertiary/aromatic N) is 3. The molecule has 5 nitrogen and oxygen atoms in total. The lowest BCUT2D eigenvalue weighted by Crippen LogP contribution is -2.22. The second kappa shape index (κ2) is 5.68. The third kappa shape index (κ3) is 3.10. The van der Waals surface area contributed by atoms with Crippen LogP contribution in [0.5, 0.6) is 0 Å². The van der Waals surface area contributed by atoms with Crippen molar-refractivity contribution >= 4 is 23.4 Å². The first-order chi connectivity index (χ1) is 8.66. The molecular formula is C12H14N4OS. The zero-order valence-electron chi connectivity index (χ0n) is 10.2. The lowest BCUT2D eigenvalue weighted by atomic mass is 10.3. The normalized spacial score (nSPS) is 12.1. The molecule has 1 atom stereocenters. The fourth-order valence-corrected chi connectivity index (χ4v) is 2.15. The van der Waals surface area contributed by atoms with Crippen molar-refractivity contribution in [1.82, 2.24) is 14.8 Å². The van der Waals surface area contributed by atoms with Crippen LogP contribution in [0.3, 0.4) is 0 Å². The van der Waals surface area contributed by atoms with Crippen LogP contribution in [0.25, 0.3) is 0 Å². The van der Waals surface area contributed by atoms with Crippen molar-refractivity contribution in [2.24, 2.45) is 7.05 Å². The molecule has 2 rings (SSSR count). The summed E-state index contributed by atoms with van der Waals surface area (Å²) in [4.78, 5) is 12.0. The number of rotatable bonds is 4. The van der Waals surface area contributed by atoms with Gasteiger partial charge in [-0.25, -0.2) is 0 Å². The predicted octanol–water partition coefficient (Wildman–Crippen LogP) is 1.93. The lowest BCUT2D eigenvalue weighted by Gasteiger charge is -2.11. The van der Waals surface area contributed by atoms with Crippen LogP contribution in [0, 0.1) is 0 Å². The van der Waals surface area contributed by atoms with E-state index < -0.39 is 0 Å². The summed E-state index contributed by atoms with van der Waals surface area (Å²) in [7, 11) is 1.85. The van der Waals surface area contributed by atoms with Gasteiger partial charge in [-0.3, -0.25) is 4.79 Å². The standard InChI is InChI=1S/C12H14N4OS/c1-9(18-12-15-13-8-16(12)2)11(17)14-10-6-4-3-5-7-10/h3-9H,1-2H3,(H,14,17)/t9-/m0/s1. The van der Waals surface area contributed by atoms with Gasteiger partial charge in [-0.05, 0) is 19.1 Å². The summed E-state index contributed by atoms with van der Waals surface area (Å²) in [6.45, 7) is 1.84. The monoisotopic (exact) mass is 262 g/mol. The van der Waals surface area contributed by atoms with E-state index in [0.717, 1.165) is 10.8 Å². The van der Waals surface area contributed by atoms with E-state index in [1.165, 1.54) is 11.8 Å². The topological polar surface area (TPSA) is 59.8 Å². The Morgan fingerprint density at radius 1 is 1.39 bits per heavy atom. The van der Waals surface area contributed by atoms with Gasteiger partial charge in [0.25, 0.3) is 0 Å². The van der Waals surface area contributed by atoms with Gasteiger partial charge in [0.05, 0.1) is 5.25 Å². The molecule has 6 heteroatoms. The van der Waals surface area contributed by atoms with Gasteiger partial charge in [0.2, 0.25) is 5.91 Å². The van der Waals surface area contributed by atoms with Crippen LogP contribution in [0.2, 0.25) is 0 Å². The number of anilines is 1. The number of hydrogen-bond acceptors (Lipinski definition) is 4. The Kier molecular flexibility index (Phi) is 3.99. The second-order valence-corrected chi connectivity index (χ2v) is 5.15. The lowest BCUT2D eigenvalue weighted by molar-refractivity contribution is -0.115. The third-order valence-electron chi connectivity index (χ3n) is 2.36. The van der Waals surface area contributed by atoms with Crippen LogP contribution in [0.1, 0.15) is 6.92 Å². The molecule has 0 aliphatic heterocycles. The van der Waals surface area contributed by atoms with Gasteiger partial charge in [-0.2, -0.15) is 0 Å². The highest BCUT2D eigenvalue weighted by Crippen LogP contribution is 2.21. The quantitative estimate of drug-likeness (QED) is 0.855. The number of benzene rings is 1. The van der Waals surface area contributed by atoms with E-state index in [2.05, 4.69) is 15.5 Å². The Hall–Kier alpha value is -1.82. The zero-order chi connectivity index (χ0) is 13.0. The molecule has 0 bridgehead atoms. The average molecular weight is 262 g/mol. The number of hydrogen-bond donors (Lipinski definition) is 1. The number of para-hydroxylation sites is 1. The molecule has 1 amide bonds. The molecule has 0 saturated carbocycles. The summed E-state index contributed by atoms with van der Waals surface area (Å²) in [6.07, 6.45) is 1.62. The number of nitrogens with one attached hydrogen (secondary N) is 1. The molecule has 1 aromatic carbocycles. The van der Waals surface area contributed by atoms with Crippen LogP contribution in [0.4, 0.5) is 5.69 Å². The van der Waals surface area contributed by atoms with Gasteiger partial charge >= 0.3 is 0 Å². The molecule has 18 heavy (non-hydrogen) atoms. The van der Waals surface area contributed by atoms with Gasteiger partial charge in [-0.15, -0.1) is 10.2 Å². The van der Waals surface area contributed by atoms with E-state index in [1.807, 2.05) is 44.3 Å². The highest BCUT2D eigenvalue weighted by molar-refractivity contribution is 8.00. The van der Waals surface area contributed by atoms with Crippen LogP contribution in [-0.4, -0.2) is 25.9 Å². The zero-order valence-corrected chi connectivity index (χ0v) is 11.0. The Bertz CT molecular complexity index is 526. The van der Waals surface area contributed by atoms with E-state index >= 15 is 0 Å². The highest BCUT2D eigenvalue weighted by atomic mass is 32.2. The number of aryl methyl sites for hydroxylation is 1. The molecule has 0 saturated heterocycles. The molecule has 0 aliphatic rings. The fourth-order valence-electron chi connectivity index (χ4n) is 1.36. The molecule has 0 fully saturated rings. The van der Waals surface area contributed by atoms with Crippen LogP contribution < -0.4 is 5.32 Å². The number of carbonyl (C=O) groups excluding carboxylic acids is 1. The van der Waals surface area contributed by atoms with Crippen molar-refractivity contribution in [3.63, 3.8) is 0 Å². The van der Waals surface area contributed by atoms with Gasteiger partial charge in [-0.1, -0.05) is 30.0 Å². The first-order valence-electron chi connectivity index (χ1n) is 5.53. The van der Waals surface area contributed by atoms with Gasteiger partial charge in [0.1, 0.15) is 6.33 Å². The minimum Gasteiger partial charge on any atom is -0.325 e. The summed E-state index contributed by atoms with van der Waals surface area (Å²) in [5, 5.41) is 11.1. The van der Waals surface area contributed by atoms with Gasteiger partial charge in [0.15, 0.2) is 5.16 Å². The largest absolute Gasteiger partial charge is 0.325 e.